The summed E-state index contributed by atoms with van der Waals surface area (Å²) in [6.07, 6.45) is 3.06. The van der Waals surface area contributed by atoms with Gasteiger partial charge < -0.3 is 25.4 Å². The van der Waals surface area contributed by atoms with Crippen molar-refractivity contribution >= 4 is 17.3 Å². The lowest BCUT2D eigenvalue weighted by molar-refractivity contribution is -0.0327. The van der Waals surface area contributed by atoms with Crippen LogP contribution in [0.15, 0.2) is 22.5 Å². The first-order valence-corrected chi connectivity index (χ1v) is 12.3. The van der Waals surface area contributed by atoms with Crippen LogP contribution in [0.4, 0.5) is 0 Å². The average Bonchev–Trinajstić information content (AvgIpc) is 3.27. The van der Waals surface area contributed by atoms with E-state index in [4.69, 9.17) is 9.73 Å². The van der Waals surface area contributed by atoms with Gasteiger partial charge in [0.2, 0.25) is 0 Å². The highest BCUT2D eigenvalue weighted by molar-refractivity contribution is 7.10. The third-order valence-electron chi connectivity index (χ3n) is 5.85. The van der Waals surface area contributed by atoms with Crippen molar-refractivity contribution in [3.05, 3.63) is 22.4 Å². The van der Waals surface area contributed by atoms with Gasteiger partial charge >= 0.3 is 0 Å². The molecule has 8 heteroatoms. The minimum atomic E-state index is -0.0994. The molecule has 30 heavy (non-hydrogen) atoms. The van der Waals surface area contributed by atoms with Gasteiger partial charge in [-0.05, 0) is 51.1 Å². The van der Waals surface area contributed by atoms with Gasteiger partial charge in [-0.25, -0.2) is 0 Å². The number of hydrogen-bond donors (Lipinski definition) is 3. The first-order valence-electron chi connectivity index (χ1n) is 11.5. The van der Waals surface area contributed by atoms with Crippen LogP contribution in [0.1, 0.15) is 44.0 Å². The molecule has 0 aliphatic carbocycles. The minimum Gasteiger partial charge on any atom is -0.393 e. The van der Waals surface area contributed by atoms with E-state index in [-0.39, 0.29) is 12.2 Å². The Hall–Kier alpha value is -1.19. The molecule has 2 fully saturated rings. The largest absolute Gasteiger partial charge is 0.393 e. The van der Waals surface area contributed by atoms with Crippen LogP contribution in [0.5, 0.6) is 0 Å². The molecule has 0 spiro atoms. The number of aliphatic imine (C=N–C) groups is 1. The zero-order chi connectivity index (χ0) is 21.2. The first-order chi connectivity index (χ1) is 14.7. The maximum absolute atomic E-state index is 9.64. The van der Waals surface area contributed by atoms with E-state index >= 15 is 0 Å². The SMILES string of the molecule is CCNC(=NCC(c1cccs1)N1CCOC(C)C1)NCCCN1CCC(O)CC1. The lowest BCUT2D eigenvalue weighted by atomic mass is 10.1. The van der Waals surface area contributed by atoms with Crippen molar-refractivity contribution < 1.29 is 9.84 Å². The lowest BCUT2D eigenvalue weighted by Gasteiger charge is -2.36. The molecule has 1 aromatic rings. The van der Waals surface area contributed by atoms with E-state index in [1.807, 2.05) is 11.3 Å². The molecule has 3 rings (SSSR count). The second kappa shape index (κ2) is 12.6. The van der Waals surface area contributed by atoms with E-state index in [1.54, 1.807) is 0 Å². The maximum Gasteiger partial charge on any atom is 0.191 e. The summed E-state index contributed by atoms with van der Waals surface area (Å²) in [5, 5.41) is 18.7. The van der Waals surface area contributed by atoms with E-state index in [0.717, 1.165) is 84.2 Å². The summed E-state index contributed by atoms with van der Waals surface area (Å²) in [6, 6.07) is 4.65. The Morgan fingerprint density at radius 2 is 2.17 bits per heavy atom. The van der Waals surface area contributed by atoms with Crippen molar-refractivity contribution in [3.63, 3.8) is 0 Å². The Morgan fingerprint density at radius 1 is 1.33 bits per heavy atom. The van der Waals surface area contributed by atoms with Crippen LogP contribution in [0.2, 0.25) is 0 Å². The highest BCUT2D eigenvalue weighted by Crippen LogP contribution is 2.27. The highest BCUT2D eigenvalue weighted by Gasteiger charge is 2.26. The highest BCUT2D eigenvalue weighted by atomic mass is 32.1. The van der Waals surface area contributed by atoms with Crippen molar-refractivity contribution in [2.24, 2.45) is 4.99 Å². The van der Waals surface area contributed by atoms with Crippen LogP contribution in [0.3, 0.4) is 0 Å². The predicted octanol–water partition coefficient (Wildman–Crippen LogP) is 1.91. The fourth-order valence-electron chi connectivity index (χ4n) is 4.17. The van der Waals surface area contributed by atoms with Crippen molar-refractivity contribution in [2.45, 2.75) is 51.4 Å². The topological polar surface area (TPSA) is 72.4 Å². The molecule has 2 saturated heterocycles. The van der Waals surface area contributed by atoms with Gasteiger partial charge in [-0.1, -0.05) is 6.07 Å². The second-order valence-electron chi connectivity index (χ2n) is 8.28. The van der Waals surface area contributed by atoms with E-state index in [2.05, 4.69) is 51.8 Å². The maximum atomic E-state index is 9.64. The molecule has 2 aliphatic rings. The number of ether oxygens (including phenoxy) is 1. The molecular formula is C22H39N5O2S. The zero-order valence-electron chi connectivity index (χ0n) is 18.6. The fourth-order valence-corrected chi connectivity index (χ4v) is 5.02. The number of aliphatic hydroxyl groups is 1. The summed E-state index contributed by atoms with van der Waals surface area (Å²) in [4.78, 5) is 11.3. The summed E-state index contributed by atoms with van der Waals surface area (Å²) in [7, 11) is 0. The molecule has 0 radical (unpaired) electrons. The van der Waals surface area contributed by atoms with Crippen molar-refractivity contribution in [2.75, 3.05) is 59.0 Å². The molecule has 7 nitrogen and oxygen atoms in total. The molecule has 2 atom stereocenters. The lowest BCUT2D eigenvalue weighted by Crippen LogP contribution is -2.44. The number of nitrogens with zero attached hydrogens (tertiary/aromatic N) is 3. The van der Waals surface area contributed by atoms with Crippen molar-refractivity contribution in [1.29, 1.82) is 0 Å². The summed E-state index contributed by atoms with van der Waals surface area (Å²) in [5.41, 5.74) is 0. The Morgan fingerprint density at radius 3 is 2.87 bits per heavy atom. The van der Waals surface area contributed by atoms with Crippen LogP contribution in [0.25, 0.3) is 0 Å². The number of rotatable bonds is 9. The standard InChI is InChI=1S/C22H39N5O2S/c1-3-23-22(24-9-5-10-26-11-7-19(28)8-12-26)25-16-20(21-6-4-15-30-21)27-13-14-29-18(2)17-27/h4,6,15,18-20,28H,3,5,7-14,16-17H2,1-2H3,(H2,23,24,25). The third-order valence-corrected chi connectivity index (χ3v) is 6.83. The zero-order valence-corrected chi connectivity index (χ0v) is 19.4. The Balaban J connectivity index is 1.50. The van der Waals surface area contributed by atoms with Gasteiger partial charge in [0.1, 0.15) is 0 Å². The monoisotopic (exact) mass is 437 g/mol. The van der Waals surface area contributed by atoms with Crippen LogP contribution >= 0.6 is 11.3 Å². The van der Waals surface area contributed by atoms with Crippen LogP contribution in [0, 0.1) is 0 Å². The molecular weight excluding hydrogens is 398 g/mol. The molecule has 0 bridgehead atoms. The van der Waals surface area contributed by atoms with Crippen LogP contribution in [-0.4, -0.2) is 92.0 Å². The average molecular weight is 438 g/mol. The normalized spacial score (nSPS) is 23.4. The number of nitrogens with one attached hydrogen (secondary N) is 2. The van der Waals surface area contributed by atoms with Crippen molar-refractivity contribution in [1.82, 2.24) is 20.4 Å². The molecule has 0 aromatic carbocycles. The molecule has 1 aromatic heterocycles. The third kappa shape index (κ3) is 7.50. The van der Waals surface area contributed by atoms with Gasteiger partial charge in [0.05, 0.1) is 31.4 Å². The van der Waals surface area contributed by atoms with Gasteiger partial charge in [-0.15, -0.1) is 11.3 Å². The Bertz CT molecular complexity index is 619. The first kappa shape index (κ1) is 23.5. The predicted molar refractivity (Wildman–Crippen MR) is 124 cm³/mol. The number of thiophene rings is 1. The minimum absolute atomic E-state index is 0.0994. The molecule has 0 amide bonds. The number of aliphatic hydroxyl groups excluding tert-OH is 1. The van der Waals surface area contributed by atoms with E-state index < -0.39 is 0 Å². The number of hydrogen-bond acceptors (Lipinski definition) is 6. The van der Waals surface area contributed by atoms with Gasteiger partial charge in [0.25, 0.3) is 0 Å². The summed E-state index contributed by atoms with van der Waals surface area (Å²) >= 11 is 1.81. The van der Waals surface area contributed by atoms with Gasteiger partial charge in [-0.3, -0.25) is 9.89 Å². The molecule has 0 saturated carbocycles. The van der Waals surface area contributed by atoms with Gasteiger partial charge in [0, 0.05) is 44.1 Å². The van der Waals surface area contributed by atoms with Gasteiger partial charge in [0.15, 0.2) is 5.96 Å². The fraction of sp³-hybridized carbons (Fsp3) is 0.773. The Labute approximate surface area is 185 Å². The molecule has 3 N–H and O–H groups in total. The number of piperidine rings is 1. The number of morpholine rings is 1. The van der Waals surface area contributed by atoms with Gasteiger partial charge in [-0.2, -0.15) is 0 Å². The number of guanidine groups is 1. The second-order valence-corrected chi connectivity index (χ2v) is 9.26. The van der Waals surface area contributed by atoms with Crippen LogP contribution < -0.4 is 10.6 Å². The van der Waals surface area contributed by atoms with E-state index in [9.17, 15) is 5.11 Å². The Kier molecular flexibility index (Phi) is 9.87. The molecule has 170 valence electrons. The smallest absolute Gasteiger partial charge is 0.191 e. The molecule has 2 aliphatic heterocycles. The van der Waals surface area contributed by atoms with Crippen LogP contribution in [-0.2, 0) is 4.74 Å². The summed E-state index contributed by atoms with van der Waals surface area (Å²) in [5.74, 6) is 0.898. The molecule has 2 unspecified atom stereocenters. The molecule has 3 heterocycles. The summed E-state index contributed by atoms with van der Waals surface area (Å²) in [6.45, 7) is 12.5. The van der Waals surface area contributed by atoms with E-state index in [0.29, 0.717) is 6.04 Å². The number of likely N-dealkylation sites (tertiary alicyclic amines) is 1. The van der Waals surface area contributed by atoms with E-state index in [1.165, 1.54) is 4.88 Å². The van der Waals surface area contributed by atoms with Crippen molar-refractivity contribution in [3.8, 4) is 0 Å². The summed E-state index contributed by atoms with van der Waals surface area (Å²) < 4.78 is 5.74. The quantitative estimate of drug-likeness (QED) is 0.311.